The molecule has 0 aliphatic carbocycles. The molecule has 0 radical (unpaired) electrons. The van der Waals surface area contributed by atoms with Gasteiger partial charge < -0.3 is 10.1 Å². The third kappa shape index (κ3) is 5.46. The highest BCUT2D eigenvalue weighted by Crippen LogP contribution is 2.19. The fraction of sp³-hybridized carbons (Fsp3) is 0.214. The van der Waals surface area contributed by atoms with Gasteiger partial charge in [-0.1, -0.05) is 12.1 Å². The van der Waals surface area contributed by atoms with Gasteiger partial charge >= 0.3 is 6.18 Å². The topological polar surface area (TPSA) is 84.1 Å². The lowest BCUT2D eigenvalue weighted by Gasteiger charge is -2.10. The first-order valence-electron chi connectivity index (χ1n) is 6.46. The van der Waals surface area contributed by atoms with Crippen LogP contribution >= 0.6 is 0 Å². The number of halogens is 3. The Hall–Kier alpha value is -2.84. The summed E-state index contributed by atoms with van der Waals surface area (Å²) in [4.78, 5) is 22.6. The molecule has 9 heteroatoms. The molecule has 0 unspecified atom stereocenters. The van der Waals surface area contributed by atoms with E-state index in [1.165, 1.54) is 24.3 Å². The molecule has 0 fully saturated rings. The van der Waals surface area contributed by atoms with Gasteiger partial charge in [0.2, 0.25) is 0 Å². The molecule has 0 spiro atoms. The van der Waals surface area contributed by atoms with Crippen LogP contribution in [0.2, 0.25) is 0 Å². The summed E-state index contributed by atoms with van der Waals surface area (Å²) in [5.74, 6) is -0.473. The van der Waals surface area contributed by atoms with Crippen molar-refractivity contribution in [2.75, 3.05) is 6.61 Å². The van der Waals surface area contributed by atoms with Gasteiger partial charge in [-0.25, -0.2) is 5.10 Å². The second-order valence-electron chi connectivity index (χ2n) is 4.54. The predicted molar refractivity (Wildman–Crippen MR) is 74.0 cm³/mol. The molecular weight excluding hydrogens is 315 g/mol. The second kappa shape index (κ2) is 6.95. The van der Waals surface area contributed by atoms with E-state index in [0.29, 0.717) is 5.56 Å². The zero-order valence-corrected chi connectivity index (χ0v) is 11.7. The van der Waals surface area contributed by atoms with Crippen molar-refractivity contribution in [1.82, 2.24) is 15.5 Å². The molecule has 2 aromatic rings. The molecule has 2 rings (SSSR count). The van der Waals surface area contributed by atoms with E-state index in [0.717, 1.165) is 6.07 Å². The van der Waals surface area contributed by atoms with E-state index < -0.39 is 24.2 Å². The van der Waals surface area contributed by atoms with E-state index >= 15 is 0 Å². The van der Waals surface area contributed by atoms with Crippen LogP contribution in [0.15, 0.2) is 41.2 Å². The summed E-state index contributed by atoms with van der Waals surface area (Å²) in [6.45, 7) is -1.31. The van der Waals surface area contributed by atoms with Crippen LogP contribution in [0.4, 0.5) is 13.2 Å². The second-order valence-corrected chi connectivity index (χ2v) is 4.54. The van der Waals surface area contributed by atoms with Crippen LogP contribution in [0.25, 0.3) is 0 Å². The maximum atomic E-state index is 12.1. The van der Waals surface area contributed by atoms with Crippen molar-refractivity contribution in [3.05, 3.63) is 58.0 Å². The summed E-state index contributed by atoms with van der Waals surface area (Å²) >= 11 is 0. The number of aromatic nitrogens is 2. The molecule has 6 nitrogen and oxygen atoms in total. The van der Waals surface area contributed by atoms with E-state index in [1.54, 1.807) is 6.07 Å². The van der Waals surface area contributed by atoms with Crippen LogP contribution in [0, 0.1) is 0 Å². The van der Waals surface area contributed by atoms with Crippen molar-refractivity contribution in [2.24, 2.45) is 0 Å². The highest BCUT2D eigenvalue weighted by atomic mass is 19.4. The first-order chi connectivity index (χ1) is 10.8. The zero-order chi connectivity index (χ0) is 16.9. The van der Waals surface area contributed by atoms with Crippen LogP contribution in [-0.2, 0) is 6.54 Å². The molecule has 0 saturated heterocycles. The molecule has 0 atom stereocenters. The molecule has 1 aromatic heterocycles. The number of aromatic amines is 1. The average Bonchev–Trinajstić information content (AvgIpc) is 2.51. The SMILES string of the molecule is O=C(NCc1cccc(OCC(F)(F)F)c1)c1ccc(=O)[nH]n1. The van der Waals surface area contributed by atoms with E-state index in [2.05, 4.69) is 20.3 Å². The number of carbonyl (C=O) groups is 1. The fourth-order valence-electron chi connectivity index (χ4n) is 1.65. The van der Waals surface area contributed by atoms with Gasteiger partial charge in [0.05, 0.1) is 0 Å². The lowest BCUT2D eigenvalue weighted by Crippen LogP contribution is -2.25. The van der Waals surface area contributed by atoms with E-state index in [-0.39, 0.29) is 18.0 Å². The van der Waals surface area contributed by atoms with Crippen LogP contribution < -0.4 is 15.6 Å². The normalized spacial score (nSPS) is 11.1. The third-order valence-corrected chi connectivity index (χ3v) is 2.67. The van der Waals surface area contributed by atoms with Gasteiger partial charge in [-0.05, 0) is 23.8 Å². The molecule has 1 amide bonds. The summed E-state index contributed by atoms with van der Waals surface area (Å²) < 4.78 is 40.9. The number of nitrogens with one attached hydrogen (secondary N) is 2. The van der Waals surface area contributed by atoms with Crippen LogP contribution in [0.1, 0.15) is 16.1 Å². The van der Waals surface area contributed by atoms with Gasteiger partial charge in [-0.3, -0.25) is 9.59 Å². The zero-order valence-electron chi connectivity index (χ0n) is 11.7. The van der Waals surface area contributed by atoms with E-state index in [9.17, 15) is 22.8 Å². The van der Waals surface area contributed by atoms with Gasteiger partial charge in [-0.15, -0.1) is 0 Å². The predicted octanol–water partition coefficient (Wildman–Crippen LogP) is 1.64. The average molecular weight is 327 g/mol. The van der Waals surface area contributed by atoms with E-state index in [4.69, 9.17) is 0 Å². The van der Waals surface area contributed by atoms with Crippen LogP contribution in [-0.4, -0.2) is 28.9 Å². The Morgan fingerprint density at radius 2 is 2.04 bits per heavy atom. The number of rotatable bonds is 5. The number of nitrogens with zero attached hydrogens (tertiary/aromatic N) is 1. The number of amides is 1. The van der Waals surface area contributed by atoms with Crippen molar-refractivity contribution < 1.29 is 22.7 Å². The molecule has 0 bridgehead atoms. The highest BCUT2D eigenvalue weighted by molar-refractivity contribution is 5.91. The minimum Gasteiger partial charge on any atom is -0.484 e. The minimum atomic E-state index is -4.42. The summed E-state index contributed by atoms with van der Waals surface area (Å²) in [5.41, 5.74) is 0.146. The monoisotopic (exact) mass is 327 g/mol. The van der Waals surface area contributed by atoms with Gasteiger partial charge in [0, 0.05) is 12.6 Å². The lowest BCUT2D eigenvalue weighted by atomic mass is 10.2. The highest BCUT2D eigenvalue weighted by Gasteiger charge is 2.28. The van der Waals surface area contributed by atoms with Gasteiger partial charge in [0.1, 0.15) is 11.4 Å². The molecular formula is C14H12F3N3O3. The smallest absolute Gasteiger partial charge is 0.422 e. The summed E-state index contributed by atoms with van der Waals surface area (Å²) in [6.07, 6.45) is -4.42. The minimum absolute atomic E-state index is 0.0223. The van der Waals surface area contributed by atoms with Crippen molar-refractivity contribution in [1.29, 1.82) is 0 Å². The molecule has 1 heterocycles. The lowest BCUT2D eigenvalue weighted by molar-refractivity contribution is -0.153. The van der Waals surface area contributed by atoms with Crippen molar-refractivity contribution >= 4 is 5.91 Å². The Kier molecular flexibility index (Phi) is 4.99. The van der Waals surface area contributed by atoms with Crippen molar-refractivity contribution in [2.45, 2.75) is 12.7 Å². The Morgan fingerprint density at radius 3 is 2.70 bits per heavy atom. The molecule has 23 heavy (non-hydrogen) atoms. The van der Waals surface area contributed by atoms with Gasteiger partial charge in [-0.2, -0.15) is 18.3 Å². The third-order valence-electron chi connectivity index (χ3n) is 2.67. The largest absolute Gasteiger partial charge is 0.484 e. The maximum Gasteiger partial charge on any atom is 0.422 e. The molecule has 0 aliphatic rings. The van der Waals surface area contributed by atoms with Crippen LogP contribution in [0.5, 0.6) is 5.75 Å². The molecule has 1 aromatic carbocycles. The van der Waals surface area contributed by atoms with Gasteiger partial charge in [0.25, 0.3) is 11.5 Å². The number of alkyl halides is 3. The number of ether oxygens (including phenoxy) is 1. The quantitative estimate of drug-likeness (QED) is 0.874. The number of hydrogen-bond acceptors (Lipinski definition) is 4. The van der Waals surface area contributed by atoms with Crippen molar-refractivity contribution in [3.8, 4) is 5.75 Å². The summed E-state index contributed by atoms with van der Waals surface area (Å²) in [5, 5.41) is 8.22. The number of hydrogen-bond donors (Lipinski definition) is 2. The Bertz CT molecular complexity index is 723. The summed E-state index contributed by atoms with van der Waals surface area (Å²) in [6, 6.07) is 8.35. The Morgan fingerprint density at radius 1 is 1.26 bits per heavy atom. The fourth-order valence-corrected chi connectivity index (χ4v) is 1.65. The first kappa shape index (κ1) is 16.5. The molecule has 122 valence electrons. The first-order valence-corrected chi connectivity index (χ1v) is 6.46. The van der Waals surface area contributed by atoms with E-state index in [1.807, 2.05) is 0 Å². The Balaban J connectivity index is 1.94. The maximum absolute atomic E-state index is 12.1. The molecule has 0 aliphatic heterocycles. The molecule has 2 N–H and O–H groups in total. The van der Waals surface area contributed by atoms with Crippen molar-refractivity contribution in [3.63, 3.8) is 0 Å². The summed E-state index contributed by atoms with van der Waals surface area (Å²) in [7, 11) is 0. The Labute approximate surface area is 128 Å². The number of benzene rings is 1. The molecule has 0 saturated carbocycles. The number of carbonyl (C=O) groups excluding carboxylic acids is 1. The van der Waals surface area contributed by atoms with Gasteiger partial charge in [0.15, 0.2) is 6.61 Å². The number of H-pyrrole nitrogens is 1. The van der Waals surface area contributed by atoms with Crippen LogP contribution in [0.3, 0.4) is 0 Å². The standard InChI is InChI=1S/C14H12F3N3O3/c15-14(16,17)8-23-10-3-1-2-9(6-10)7-18-13(22)11-4-5-12(21)20-19-11/h1-6H,7-8H2,(H,18,22)(H,20,21).